The number of aryl methyl sites for hydroxylation is 2. The van der Waals surface area contributed by atoms with Crippen LogP contribution >= 0.6 is 0 Å². The molecule has 1 aromatic rings. The van der Waals surface area contributed by atoms with E-state index in [1.54, 1.807) is 7.11 Å². The Morgan fingerprint density at radius 3 is 2.78 bits per heavy atom. The zero-order valence-corrected chi connectivity index (χ0v) is 11.9. The van der Waals surface area contributed by atoms with Crippen LogP contribution in [0.5, 0.6) is 0 Å². The highest BCUT2D eigenvalue weighted by Gasteiger charge is 2.13. The van der Waals surface area contributed by atoms with Crippen molar-refractivity contribution in [3.8, 4) is 0 Å². The number of hydrogen-bond donors (Lipinski definition) is 2. The summed E-state index contributed by atoms with van der Waals surface area (Å²) < 4.78 is 7.30. The predicted molar refractivity (Wildman–Crippen MR) is 73.2 cm³/mol. The van der Waals surface area contributed by atoms with Crippen molar-refractivity contribution in [1.29, 1.82) is 0 Å². The minimum Gasteiger partial charge on any atom is -0.382 e. The first-order chi connectivity index (χ1) is 8.60. The van der Waals surface area contributed by atoms with Crippen molar-refractivity contribution in [3.63, 3.8) is 0 Å². The summed E-state index contributed by atoms with van der Waals surface area (Å²) in [6.45, 7) is 7.10. The lowest BCUT2D eigenvalue weighted by Gasteiger charge is -2.18. The van der Waals surface area contributed by atoms with Crippen molar-refractivity contribution in [2.75, 3.05) is 7.11 Å². The fourth-order valence-electron chi connectivity index (χ4n) is 2.09. The fraction of sp³-hybridized carbons (Fsp3) is 0.769. The summed E-state index contributed by atoms with van der Waals surface area (Å²) in [5.74, 6) is 5.63. The van der Waals surface area contributed by atoms with Crippen molar-refractivity contribution in [2.24, 2.45) is 5.84 Å². The van der Waals surface area contributed by atoms with Crippen LogP contribution in [0.15, 0.2) is 6.07 Å². The van der Waals surface area contributed by atoms with Gasteiger partial charge in [-0.15, -0.1) is 0 Å². The molecule has 3 N–H and O–H groups in total. The average Bonchev–Trinajstić information content (AvgIpc) is 2.73. The molecule has 2 atom stereocenters. The highest BCUT2D eigenvalue weighted by atomic mass is 16.5. The molecule has 0 amide bonds. The summed E-state index contributed by atoms with van der Waals surface area (Å²) in [6, 6.07) is 2.40. The van der Waals surface area contributed by atoms with E-state index in [0.717, 1.165) is 31.5 Å². The van der Waals surface area contributed by atoms with Gasteiger partial charge < -0.3 is 4.74 Å². The zero-order valence-electron chi connectivity index (χ0n) is 11.9. The van der Waals surface area contributed by atoms with Crippen LogP contribution in [0.3, 0.4) is 0 Å². The molecule has 0 saturated carbocycles. The second-order valence-electron chi connectivity index (χ2n) is 4.78. The first-order valence-corrected chi connectivity index (χ1v) is 6.62. The van der Waals surface area contributed by atoms with E-state index in [-0.39, 0.29) is 12.1 Å². The summed E-state index contributed by atoms with van der Waals surface area (Å²) in [5.41, 5.74) is 5.20. The fourth-order valence-corrected chi connectivity index (χ4v) is 2.09. The standard InChI is InChI=1S/C13H26N4O/c1-5-17-13(8-10(2)16-17)9-12(15-14)7-6-11(3)18-4/h8,11-12,15H,5-7,9,14H2,1-4H3. The van der Waals surface area contributed by atoms with Crippen LogP contribution in [-0.2, 0) is 17.7 Å². The van der Waals surface area contributed by atoms with Gasteiger partial charge in [-0.05, 0) is 39.7 Å². The monoisotopic (exact) mass is 254 g/mol. The molecular formula is C13H26N4O. The topological polar surface area (TPSA) is 65.1 Å². The molecule has 1 rings (SSSR count). The molecule has 0 spiro atoms. The number of nitrogens with two attached hydrogens (primary N) is 1. The quantitative estimate of drug-likeness (QED) is 0.543. The van der Waals surface area contributed by atoms with E-state index in [4.69, 9.17) is 10.6 Å². The van der Waals surface area contributed by atoms with E-state index in [2.05, 4.69) is 30.4 Å². The molecule has 1 aromatic heterocycles. The number of hydrogen-bond acceptors (Lipinski definition) is 4. The van der Waals surface area contributed by atoms with E-state index in [0.29, 0.717) is 0 Å². The van der Waals surface area contributed by atoms with Crippen LogP contribution in [0, 0.1) is 6.92 Å². The highest BCUT2D eigenvalue weighted by Crippen LogP contribution is 2.11. The maximum absolute atomic E-state index is 5.63. The minimum absolute atomic E-state index is 0.268. The molecule has 5 nitrogen and oxygen atoms in total. The molecule has 0 saturated heterocycles. The molecule has 0 bridgehead atoms. The number of rotatable bonds is 8. The number of hydrazine groups is 1. The van der Waals surface area contributed by atoms with Crippen molar-refractivity contribution in [1.82, 2.24) is 15.2 Å². The van der Waals surface area contributed by atoms with Gasteiger partial charge in [0.05, 0.1) is 11.8 Å². The van der Waals surface area contributed by atoms with Gasteiger partial charge in [0.15, 0.2) is 0 Å². The summed E-state index contributed by atoms with van der Waals surface area (Å²) >= 11 is 0. The normalized spacial score (nSPS) is 14.7. The number of nitrogens with one attached hydrogen (secondary N) is 1. The Kier molecular flexibility index (Phi) is 6.32. The Hall–Kier alpha value is -0.910. The largest absolute Gasteiger partial charge is 0.382 e. The van der Waals surface area contributed by atoms with Gasteiger partial charge in [0.1, 0.15) is 0 Å². The molecule has 1 heterocycles. The number of methoxy groups -OCH3 is 1. The van der Waals surface area contributed by atoms with E-state index in [9.17, 15) is 0 Å². The van der Waals surface area contributed by atoms with E-state index in [1.807, 2.05) is 11.6 Å². The van der Waals surface area contributed by atoms with Gasteiger partial charge in [-0.25, -0.2) is 0 Å². The molecule has 0 aliphatic carbocycles. The van der Waals surface area contributed by atoms with Gasteiger partial charge in [0.2, 0.25) is 0 Å². The summed E-state index contributed by atoms with van der Waals surface area (Å²) in [7, 11) is 1.74. The lowest BCUT2D eigenvalue weighted by atomic mass is 10.0. The Bertz CT molecular complexity index is 351. The Labute approximate surface area is 110 Å². The van der Waals surface area contributed by atoms with Crippen molar-refractivity contribution < 1.29 is 4.74 Å². The highest BCUT2D eigenvalue weighted by molar-refractivity contribution is 5.10. The maximum atomic E-state index is 5.63. The molecule has 18 heavy (non-hydrogen) atoms. The molecule has 0 aromatic carbocycles. The van der Waals surface area contributed by atoms with E-state index >= 15 is 0 Å². The third-order valence-corrected chi connectivity index (χ3v) is 3.30. The van der Waals surface area contributed by atoms with Gasteiger partial charge in [0.25, 0.3) is 0 Å². The molecule has 0 fully saturated rings. The van der Waals surface area contributed by atoms with Crippen LogP contribution in [0.1, 0.15) is 38.1 Å². The van der Waals surface area contributed by atoms with Crippen LogP contribution in [-0.4, -0.2) is 29.0 Å². The Morgan fingerprint density at radius 2 is 2.22 bits per heavy atom. The zero-order chi connectivity index (χ0) is 13.5. The van der Waals surface area contributed by atoms with E-state index < -0.39 is 0 Å². The lowest BCUT2D eigenvalue weighted by Crippen LogP contribution is -2.37. The number of aromatic nitrogens is 2. The molecule has 0 aliphatic heterocycles. The van der Waals surface area contributed by atoms with Gasteiger partial charge >= 0.3 is 0 Å². The molecular weight excluding hydrogens is 228 g/mol. The van der Waals surface area contributed by atoms with Crippen molar-refractivity contribution in [3.05, 3.63) is 17.5 Å². The predicted octanol–water partition coefficient (Wildman–Crippen LogP) is 1.40. The Balaban J connectivity index is 2.56. The SMILES string of the molecule is CCn1nc(C)cc1CC(CCC(C)OC)NN. The molecule has 5 heteroatoms. The van der Waals surface area contributed by atoms with Crippen LogP contribution in [0.4, 0.5) is 0 Å². The van der Waals surface area contributed by atoms with Crippen molar-refractivity contribution >= 4 is 0 Å². The number of ether oxygens (including phenoxy) is 1. The van der Waals surface area contributed by atoms with Gasteiger partial charge in [-0.1, -0.05) is 0 Å². The first-order valence-electron chi connectivity index (χ1n) is 6.62. The molecule has 0 radical (unpaired) electrons. The molecule has 0 aliphatic rings. The second-order valence-corrected chi connectivity index (χ2v) is 4.78. The molecule has 2 unspecified atom stereocenters. The van der Waals surface area contributed by atoms with Crippen LogP contribution < -0.4 is 11.3 Å². The third kappa shape index (κ3) is 4.40. The van der Waals surface area contributed by atoms with E-state index in [1.165, 1.54) is 5.69 Å². The first kappa shape index (κ1) is 15.1. The van der Waals surface area contributed by atoms with Gasteiger partial charge in [-0.2, -0.15) is 5.10 Å². The smallest absolute Gasteiger partial charge is 0.0596 e. The van der Waals surface area contributed by atoms with Crippen LogP contribution in [0.2, 0.25) is 0 Å². The minimum atomic E-state index is 0.268. The Morgan fingerprint density at radius 1 is 1.50 bits per heavy atom. The second kappa shape index (κ2) is 7.51. The third-order valence-electron chi connectivity index (χ3n) is 3.30. The van der Waals surface area contributed by atoms with Gasteiger partial charge in [-0.3, -0.25) is 16.0 Å². The summed E-state index contributed by atoms with van der Waals surface area (Å²) in [6.07, 6.45) is 3.18. The van der Waals surface area contributed by atoms with Crippen LogP contribution in [0.25, 0.3) is 0 Å². The average molecular weight is 254 g/mol. The molecule has 104 valence electrons. The van der Waals surface area contributed by atoms with Gasteiger partial charge in [0, 0.05) is 31.8 Å². The van der Waals surface area contributed by atoms with Crippen molar-refractivity contribution in [2.45, 2.75) is 58.7 Å². The lowest BCUT2D eigenvalue weighted by molar-refractivity contribution is 0.106. The summed E-state index contributed by atoms with van der Waals surface area (Å²) in [5, 5.41) is 4.45. The maximum Gasteiger partial charge on any atom is 0.0596 e. The summed E-state index contributed by atoms with van der Waals surface area (Å²) in [4.78, 5) is 0. The number of nitrogens with zero attached hydrogens (tertiary/aromatic N) is 2.